The molecule has 0 aliphatic carbocycles. The summed E-state index contributed by atoms with van der Waals surface area (Å²) in [5.74, 6) is 0. The fraction of sp³-hybridized carbons (Fsp3) is 0.200. The second kappa shape index (κ2) is 8.94. The first-order valence-electron chi connectivity index (χ1n) is 1.65. The van der Waals surface area contributed by atoms with Gasteiger partial charge in [0, 0.05) is 20.4 Å². The molecule has 0 unspecified atom stereocenters. The van der Waals surface area contributed by atoms with Crippen molar-refractivity contribution in [3.05, 3.63) is 24.8 Å². The van der Waals surface area contributed by atoms with Gasteiger partial charge in [-0.3, -0.25) is 0 Å². The smallest absolute Gasteiger partial charge is 0 e. The molecule has 0 aliphatic heterocycles. The van der Waals surface area contributed by atoms with Gasteiger partial charge in [-0.2, -0.15) is 0 Å². The van der Waals surface area contributed by atoms with Crippen LogP contribution in [0, 0.1) is 0 Å². The van der Waals surface area contributed by atoms with Crippen molar-refractivity contribution >= 4 is 0 Å². The first-order chi connectivity index (χ1) is 2.41. The van der Waals surface area contributed by atoms with Crippen LogP contribution in [0.15, 0.2) is 24.8 Å². The zero-order chi connectivity index (χ0) is 4.12. The van der Waals surface area contributed by atoms with Gasteiger partial charge in [-0.15, -0.1) is 0 Å². The van der Waals surface area contributed by atoms with Crippen LogP contribution >= 0.6 is 0 Å². The molecule has 0 heterocycles. The van der Waals surface area contributed by atoms with E-state index in [4.69, 9.17) is 0 Å². The maximum atomic E-state index is 3.46. The molecule has 0 spiro atoms. The molecule has 0 nitrogen and oxygen atoms in total. The number of hydrogen-bond acceptors (Lipinski definition) is 0. The van der Waals surface area contributed by atoms with E-state index in [1.54, 1.807) is 6.08 Å². The van der Waals surface area contributed by atoms with Crippen molar-refractivity contribution in [1.82, 2.24) is 0 Å². The molecular formula is C5H8Pd. The molecule has 0 aromatic carbocycles. The molecule has 0 atom stereocenters. The fourth-order valence-electron chi connectivity index (χ4n) is 0.136. The Hall–Kier alpha value is 0.142. The van der Waals surface area contributed by atoms with E-state index in [2.05, 4.69) is 6.58 Å². The van der Waals surface area contributed by atoms with E-state index in [-0.39, 0.29) is 20.4 Å². The first kappa shape index (κ1) is 9.47. The summed E-state index contributed by atoms with van der Waals surface area (Å²) in [4.78, 5) is 0. The van der Waals surface area contributed by atoms with Gasteiger partial charge in [0.25, 0.3) is 0 Å². The van der Waals surface area contributed by atoms with Crippen LogP contribution in [-0.2, 0) is 20.4 Å². The largest absolute Gasteiger partial charge is 0.0991 e. The van der Waals surface area contributed by atoms with Crippen LogP contribution in [0.1, 0.15) is 6.92 Å². The molecule has 0 saturated carbocycles. The molecule has 0 radical (unpaired) electrons. The van der Waals surface area contributed by atoms with Crippen LogP contribution in [0.4, 0.5) is 0 Å². The predicted octanol–water partition coefficient (Wildman–Crippen LogP) is 1.75. The molecular weight excluding hydrogens is 166 g/mol. The summed E-state index contributed by atoms with van der Waals surface area (Å²) >= 11 is 0. The Labute approximate surface area is 52.6 Å². The molecule has 38 valence electrons. The summed E-state index contributed by atoms with van der Waals surface area (Å²) in [6.45, 7) is 5.42. The number of hydrogen-bond donors (Lipinski definition) is 0. The van der Waals surface area contributed by atoms with E-state index in [9.17, 15) is 0 Å². The normalized spacial score (nSPS) is 7.50. The minimum atomic E-state index is 0. The van der Waals surface area contributed by atoms with Crippen LogP contribution in [0.5, 0.6) is 0 Å². The Morgan fingerprint density at radius 2 is 2.00 bits per heavy atom. The van der Waals surface area contributed by atoms with E-state index in [1.807, 2.05) is 19.1 Å². The van der Waals surface area contributed by atoms with Gasteiger partial charge in [0.15, 0.2) is 0 Å². The molecule has 0 amide bonds. The molecule has 0 N–H and O–H groups in total. The summed E-state index contributed by atoms with van der Waals surface area (Å²) in [6, 6.07) is 0. The third-order valence-corrected chi connectivity index (χ3v) is 0.329. The van der Waals surface area contributed by atoms with Gasteiger partial charge in [0.05, 0.1) is 0 Å². The Bertz CT molecular complexity index is 45.9. The molecule has 1 heteroatoms. The summed E-state index contributed by atoms with van der Waals surface area (Å²) in [6.07, 6.45) is 5.58. The molecule has 6 heavy (non-hydrogen) atoms. The fourth-order valence-corrected chi connectivity index (χ4v) is 0.136. The minimum Gasteiger partial charge on any atom is -0.0991 e. The third-order valence-electron chi connectivity index (χ3n) is 0.329. The molecule has 0 aromatic rings. The molecule has 0 saturated heterocycles. The zero-order valence-corrected chi connectivity index (χ0v) is 5.31. The van der Waals surface area contributed by atoms with E-state index < -0.39 is 0 Å². The average Bonchev–Trinajstić information content (AvgIpc) is 1.41. The molecule has 0 bridgehead atoms. The van der Waals surface area contributed by atoms with Gasteiger partial charge in [-0.05, 0) is 6.92 Å². The van der Waals surface area contributed by atoms with E-state index in [1.165, 1.54) is 0 Å². The SMILES string of the molecule is C=CC=CC.[Pd]. The van der Waals surface area contributed by atoms with Gasteiger partial charge in [0.1, 0.15) is 0 Å². The van der Waals surface area contributed by atoms with Gasteiger partial charge < -0.3 is 0 Å². The van der Waals surface area contributed by atoms with Crippen molar-refractivity contribution in [2.75, 3.05) is 0 Å². The minimum absolute atomic E-state index is 0. The molecule has 0 rings (SSSR count). The summed E-state index contributed by atoms with van der Waals surface area (Å²) in [5.41, 5.74) is 0. The van der Waals surface area contributed by atoms with Crippen LogP contribution < -0.4 is 0 Å². The Morgan fingerprint density at radius 3 is 2.00 bits per heavy atom. The van der Waals surface area contributed by atoms with Crippen molar-refractivity contribution in [3.8, 4) is 0 Å². The van der Waals surface area contributed by atoms with Gasteiger partial charge >= 0.3 is 0 Å². The van der Waals surface area contributed by atoms with Crippen molar-refractivity contribution in [3.63, 3.8) is 0 Å². The van der Waals surface area contributed by atoms with E-state index in [0.29, 0.717) is 0 Å². The summed E-state index contributed by atoms with van der Waals surface area (Å²) in [7, 11) is 0. The molecule has 0 fully saturated rings. The van der Waals surface area contributed by atoms with Crippen molar-refractivity contribution in [2.24, 2.45) is 0 Å². The Balaban J connectivity index is 0. The number of rotatable bonds is 1. The second-order valence-electron chi connectivity index (χ2n) is 0.761. The average molecular weight is 175 g/mol. The summed E-state index contributed by atoms with van der Waals surface area (Å²) < 4.78 is 0. The van der Waals surface area contributed by atoms with E-state index in [0.717, 1.165) is 0 Å². The van der Waals surface area contributed by atoms with Gasteiger partial charge in [-0.1, -0.05) is 24.8 Å². The maximum absolute atomic E-state index is 3.46. The van der Waals surface area contributed by atoms with Gasteiger partial charge in [-0.25, -0.2) is 0 Å². The zero-order valence-electron chi connectivity index (χ0n) is 3.76. The monoisotopic (exact) mass is 174 g/mol. The Kier molecular flexibility index (Phi) is 14.1. The number of allylic oxidation sites excluding steroid dienone is 3. The first-order valence-corrected chi connectivity index (χ1v) is 1.65. The third kappa shape index (κ3) is 8.91. The van der Waals surface area contributed by atoms with Crippen molar-refractivity contribution in [1.29, 1.82) is 0 Å². The Morgan fingerprint density at radius 1 is 1.50 bits per heavy atom. The van der Waals surface area contributed by atoms with Gasteiger partial charge in [0.2, 0.25) is 0 Å². The quantitative estimate of drug-likeness (QED) is 0.420. The van der Waals surface area contributed by atoms with Crippen LogP contribution in [-0.4, -0.2) is 0 Å². The second-order valence-corrected chi connectivity index (χ2v) is 0.761. The van der Waals surface area contributed by atoms with Crippen LogP contribution in [0.2, 0.25) is 0 Å². The van der Waals surface area contributed by atoms with E-state index >= 15 is 0 Å². The molecule has 0 aliphatic rings. The summed E-state index contributed by atoms with van der Waals surface area (Å²) in [5, 5.41) is 0. The standard InChI is InChI=1S/C5H8.Pd/c1-3-5-4-2;/h3-5H,1H2,2H3;. The van der Waals surface area contributed by atoms with Crippen LogP contribution in [0.3, 0.4) is 0 Å². The van der Waals surface area contributed by atoms with Crippen molar-refractivity contribution < 1.29 is 20.4 Å². The molecule has 0 aromatic heterocycles. The van der Waals surface area contributed by atoms with Crippen LogP contribution in [0.25, 0.3) is 0 Å². The topological polar surface area (TPSA) is 0 Å². The predicted molar refractivity (Wildman–Crippen MR) is 25.0 cm³/mol. The maximum Gasteiger partial charge on any atom is 0 e. The van der Waals surface area contributed by atoms with Crippen molar-refractivity contribution in [2.45, 2.75) is 6.92 Å².